The first-order chi connectivity index (χ1) is 18.3. The van der Waals surface area contributed by atoms with Gasteiger partial charge in [0.2, 0.25) is 20.1 Å². The fourth-order valence-corrected chi connectivity index (χ4v) is 9.59. The zero-order valence-corrected chi connectivity index (χ0v) is 28.3. The van der Waals surface area contributed by atoms with Crippen LogP contribution < -0.4 is 0 Å². The van der Waals surface area contributed by atoms with Crippen molar-refractivity contribution in [2.24, 2.45) is 5.92 Å². The zero-order valence-electron chi connectivity index (χ0n) is 25.5. The van der Waals surface area contributed by atoms with Crippen molar-refractivity contribution in [2.75, 3.05) is 25.4 Å². The Morgan fingerprint density at radius 3 is 2.35 bits per heavy atom. The molecule has 0 aromatic rings. The second-order valence-electron chi connectivity index (χ2n) is 14.4. The lowest BCUT2D eigenvalue weighted by molar-refractivity contribution is -0.150. The molecule has 40 heavy (non-hydrogen) atoms. The van der Waals surface area contributed by atoms with Gasteiger partial charge in [-0.2, -0.15) is 0 Å². The molecule has 3 fully saturated rings. The molecule has 0 aromatic heterocycles. The van der Waals surface area contributed by atoms with Crippen molar-refractivity contribution in [3.05, 3.63) is 22.9 Å². The molecule has 4 rings (SSSR count). The molecule has 12 heteroatoms. The first-order valence-corrected chi connectivity index (χ1v) is 22.4. The van der Waals surface area contributed by atoms with Gasteiger partial charge < -0.3 is 19.0 Å². The summed E-state index contributed by atoms with van der Waals surface area (Å²) >= 11 is 1.68. The molecule has 0 bridgehead atoms. The summed E-state index contributed by atoms with van der Waals surface area (Å²) in [4.78, 5) is 58.0. The van der Waals surface area contributed by atoms with Crippen LogP contribution in [0.4, 0.5) is 4.79 Å². The van der Waals surface area contributed by atoms with Gasteiger partial charge in [-0.1, -0.05) is 19.6 Å². The SMILES string of the molecule is CC(C)(C)OC(=O)N1CC[C@@H](N2CC/C(=C\C3=C(C(=O)O[Si](C)(C)C)N4C(=O)[C@@H](C[Si](C)(C)C)[C@H]4SC3)C2=O)C1. The van der Waals surface area contributed by atoms with Gasteiger partial charge in [-0.25, -0.2) is 9.59 Å². The Morgan fingerprint density at radius 2 is 1.75 bits per heavy atom. The molecule has 0 unspecified atom stereocenters. The van der Waals surface area contributed by atoms with E-state index in [-0.39, 0.29) is 35.2 Å². The van der Waals surface area contributed by atoms with Crippen LogP contribution in [0, 0.1) is 5.92 Å². The first-order valence-electron chi connectivity index (χ1n) is 14.3. The van der Waals surface area contributed by atoms with Gasteiger partial charge in [0.25, 0.3) is 0 Å². The Kier molecular flexibility index (Phi) is 8.48. The van der Waals surface area contributed by atoms with Crippen molar-refractivity contribution in [3.8, 4) is 0 Å². The molecule has 3 atom stereocenters. The lowest BCUT2D eigenvalue weighted by atomic mass is 9.96. The summed E-state index contributed by atoms with van der Waals surface area (Å²) < 4.78 is 11.4. The molecule has 0 radical (unpaired) electrons. The smallest absolute Gasteiger partial charge is 0.410 e. The van der Waals surface area contributed by atoms with Crippen molar-refractivity contribution in [3.63, 3.8) is 0 Å². The normalized spacial score (nSPS) is 26.9. The van der Waals surface area contributed by atoms with Crippen molar-refractivity contribution in [2.45, 2.75) is 96.0 Å². The molecule has 0 aromatic carbocycles. The Balaban J connectivity index is 1.54. The first kappa shape index (κ1) is 30.9. The van der Waals surface area contributed by atoms with E-state index in [9.17, 15) is 19.2 Å². The number of nitrogens with zero attached hydrogens (tertiary/aromatic N) is 3. The van der Waals surface area contributed by atoms with Crippen LogP contribution in [0.5, 0.6) is 0 Å². The van der Waals surface area contributed by atoms with Crippen LogP contribution in [0.15, 0.2) is 22.9 Å². The van der Waals surface area contributed by atoms with Crippen LogP contribution in [0.3, 0.4) is 0 Å². The fourth-order valence-electron chi connectivity index (χ4n) is 5.68. The van der Waals surface area contributed by atoms with Crippen LogP contribution in [0.1, 0.15) is 33.6 Å². The summed E-state index contributed by atoms with van der Waals surface area (Å²) in [5.74, 6) is -0.0493. The summed E-state index contributed by atoms with van der Waals surface area (Å²) in [6.45, 7) is 19.7. The molecule has 0 aliphatic carbocycles. The predicted molar refractivity (Wildman–Crippen MR) is 162 cm³/mol. The highest BCUT2D eigenvalue weighted by atomic mass is 32.2. The van der Waals surface area contributed by atoms with Crippen molar-refractivity contribution in [1.82, 2.24) is 14.7 Å². The van der Waals surface area contributed by atoms with Gasteiger partial charge in [0, 0.05) is 39.0 Å². The van der Waals surface area contributed by atoms with Crippen molar-refractivity contribution in [1.29, 1.82) is 0 Å². The van der Waals surface area contributed by atoms with Crippen molar-refractivity contribution >= 4 is 52.0 Å². The highest BCUT2D eigenvalue weighted by Crippen LogP contribution is 2.47. The lowest BCUT2D eigenvalue weighted by Gasteiger charge is -2.51. The maximum atomic E-state index is 13.5. The number of carbonyl (C=O) groups excluding carboxylic acids is 4. The maximum absolute atomic E-state index is 13.5. The average molecular weight is 608 g/mol. The predicted octanol–water partition coefficient (Wildman–Crippen LogP) is 4.66. The zero-order chi connectivity index (χ0) is 29.8. The molecule has 0 N–H and O–H groups in total. The van der Waals surface area contributed by atoms with Gasteiger partial charge in [0.1, 0.15) is 11.3 Å². The van der Waals surface area contributed by atoms with E-state index in [1.54, 1.807) is 21.6 Å². The summed E-state index contributed by atoms with van der Waals surface area (Å²) in [6.07, 6.45) is 2.73. The van der Waals surface area contributed by atoms with E-state index in [2.05, 4.69) is 19.6 Å². The molecule has 4 heterocycles. The Labute approximate surface area is 244 Å². The number of hydrogen-bond acceptors (Lipinski definition) is 7. The number of likely N-dealkylation sites (tertiary alicyclic amines) is 2. The minimum absolute atomic E-state index is 0.00869. The number of rotatable bonds is 6. The van der Waals surface area contributed by atoms with Gasteiger partial charge in [-0.15, -0.1) is 11.8 Å². The summed E-state index contributed by atoms with van der Waals surface area (Å²) in [6, 6.07) is 0.822. The van der Waals surface area contributed by atoms with Crippen LogP contribution in [-0.4, -0.2) is 97.4 Å². The summed E-state index contributed by atoms with van der Waals surface area (Å²) in [7, 11) is -3.69. The highest BCUT2D eigenvalue weighted by Gasteiger charge is 2.54. The topological polar surface area (TPSA) is 96.5 Å². The number of β-lactam (4-membered cyclic amide) rings is 1. The third-order valence-corrected chi connectivity index (χ3v) is 11.1. The molecular weight excluding hydrogens is 563 g/mol. The number of hydrogen-bond donors (Lipinski definition) is 0. The third kappa shape index (κ3) is 6.87. The average Bonchev–Trinajstić information content (AvgIpc) is 3.41. The van der Waals surface area contributed by atoms with E-state index in [0.29, 0.717) is 55.1 Å². The number of ether oxygens (including phenoxy) is 1. The third-order valence-electron chi connectivity index (χ3n) is 7.29. The maximum Gasteiger partial charge on any atom is 0.410 e. The van der Waals surface area contributed by atoms with E-state index in [4.69, 9.17) is 9.16 Å². The number of thioether (sulfide) groups is 1. The van der Waals surface area contributed by atoms with Gasteiger partial charge in [-0.3, -0.25) is 14.5 Å². The largest absolute Gasteiger partial charge is 0.515 e. The van der Waals surface area contributed by atoms with Gasteiger partial charge in [0.05, 0.1) is 17.3 Å². The molecule has 0 spiro atoms. The van der Waals surface area contributed by atoms with Crippen LogP contribution in [0.2, 0.25) is 45.3 Å². The highest BCUT2D eigenvalue weighted by molar-refractivity contribution is 8.00. The number of carbonyl (C=O) groups is 4. The number of fused-ring (bicyclic) bond motifs is 1. The van der Waals surface area contributed by atoms with E-state index >= 15 is 0 Å². The molecule has 3 amide bonds. The molecule has 9 nitrogen and oxygen atoms in total. The van der Waals surface area contributed by atoms with Gasteiger partial charge in [-0.05, 0) is 70.9 Å². The second-order valence-corrected chi connectivity index (χ2v) is 25.5. The molecule has 4 aliphatic heterocycles. The molecular formula is C28H45N3O6SSi2. The molecule has 0 saturated carbocycles. The summed E-state index contributed by atoms with van der Waals surface area (Å²) in [5.41, 5.74) is 1.07. The number of allylic oxidation sites excluding steroid dienone is 1. The van der Waals surface area contributed by atoms with Crippen LogP contribution in [-0.2, 0) is 23.5 Å². The molecule has 4 aliphatic rings. The van der Waals surface area contributed by atoms with Crippen LogP contribution >= 0.6 is 11.8 Å². The minimum Gasteiger partial charge on any atom is -0.515 e. The Hall–Kier alpha value is -2.06. The van der Waals surface area contributed by atoms with Crippen molar-refractivity contribution < 1.29 is 28.3 Å². The standard InChI is InChI=1S/C28H45N3O6SSi2/c1-28(2,3)36-27(35)29-12-11-20(15-29)30-13-10-18(23(30)32)14-19-16-38-25-21(17-39(4,5)6)24(33)31(25)22(19)26(34)37-40(7,8)9/h14,20-21,25H,10-13,15-17H2,1-9H3/b18-14+/t20-,21-,25-/m1/s1. The van der Waals surface area contributed by atoms with E-state index in [0.717, 1.165) is 6.04 Å². The quantitative estimate of drug-likeness (QED) is 0.246. The fraction of sp³-hybridized carbons (Fsp3) is 0.714. The van der Waals surface area contributed by atoms with Crippen LogP contribution in [0.25, 0.3) is 0 Å². The molecule has 222 valence electrons. The second kappa shape index (κ2) is 11.0. The monoisotopic (exact) mass is 607 g/mol. The Morgan fingerprint density at radius 1 is 1.07 bits per heavy atom. The van der Waals surface area contributed by atoms with Gasteiger partial charge in [0.15, 0.2) is 0 Å². The lowest BCUT2D eigenvalue weighted by Crippen LogP contribution is -2.62. The minimum atomic E-state index is -2.22. The Bertz CT molecular complexity index is 1150. The summed E-state index contributed by atoms with van der Waals surface area (Å²) in [5, 5.41) is -0.0568. The number of amides is 3. The van der Waals surface area contributed by atoms with Gasteiger partial charge >= 0.3 is 12.1 Å². The van der Waals surface area contributed by atoms with E-state index < -0.39 is 28.0 Å². The van der Waals surface area contributed by atoms with E-state index in [1.807, 2.05) is 51.4 Å². The molecule has 3 saturated heterocycles. The van der Waals surface area contributed by atoms with E-state index in [1.165, 1.54) is 0 Å².